The average Bonchev–Trinajstić information content (AvgIpc) is 3.00. The molecule has 2 heterocycles. The molecule has 0 amide bonds. The molecule has 0 fully saturated rings. The van der Waals surface area contributed by atoms with Crippen molar-refractivity contribution in [1.29, 1.82) is 0 Å². The highest BCUT2D eigenvalue weighted by Crippen LogP contribution is 2.36. The lowest BCUT2D eigenvalue weighted by Crippen LogP contribution is -2.08. The summed E-state index contributed by atoms with van der Waals surface area (Å²) in [5.41, 5.74) is 1.21. The molecule has 0 radical (unpaired) electrons. The van der Waals surface area contributed by atoms with Crippen LogP contribution in [-0.4, -0.2) is 16.7 Å². The van der Waals surface area contributed by atoms with Crippen molar-refractivity contribution in [3.63, 3.8) is 0 Å². The van der Waals surface area contributed by atoms with Gasteiger partial charge < -0.3 is 9.47 Å². The highest BCUT2D eigenvalue weighted by Gasteiger charge is 2.28. The van der Waals surface area contributed by atoms with Gasteiger partial charge in [-0.3, -0.25) is 9.78 Å². The fourth-order valence-corrected chi connectivity index (χ4v) is 3.17. The van der Waals surface area contributed by atoms with Gasteiger partial charge in [0.15, 0.2) is 5.76 Å². The van der Waals surface area contributed by atoms with E-state index in [9.17, 15) is 9.59 Å². The van der Waals surface area contributed by atoms with Crippen LogP contribution in [0.15, 0.2) is 66.7 Å². The lowest BCUT2D eigenvalue weighted by atomic mass is 10.1. The zero-order valence-electron chi connectivity index (χ0n) is 14.2. The molecule has 0 unspecified atom stereocenters. The van der Waals surface area contributed by atoms with Crippen LogP contribution in [0.3, 0.4) is 0 Å². The van der Waals surface area contributed by atoms with E-state index in [-0.39, 0.29) is 17.3 Å². The largest absolute Gasteiger partial charge is 0.452 e. The van der Waals surface area contributed by atoms with Crippen molar-refractivity contribution in [2.45, 2.75) is 0 Å². The van der Waals surface area contributed by atoms with Gasteiger partial charge in [0.1, 0.15) is 11.5 Å². The van der Waals surface area contributed by atoms with Crippen molar-refractivity contribution in [2.24, 2.45) is 0 Å². The summed E-state index contributed by atoms with van der Waals surface area (Å²) in [5, 5.41) is 0.804. The average molecular weight is 412 g/mol. The van der Waals surface area contributed by atoms with Crippen molar-refractivity contribution in [1.82, 2.24) is 4.98 Å². The van der Waals surface area contributed by atoms with Crippen LogP contribution in [-0.2, 0) is 0 Å². The molecule has 0 atom stereocenters. The fourth-order valence-electron chi connectivity index (χ4n) is 2.66. The van der Waals surface area contributed by atoms with E-state index in [0.29, 0.717) is 32.5 Å². The molecule has 0 bridgehead atoms. The van der Waals surface area contributed by atoms with Gasteiger partial charge in [0, 0.05) is 34.1 Å². The third kappa shape index (κ3) is 3.50. The van der Waals surface area contributed by atoms with Crippen LogP contribution in [0.1, 0.15) is 26.3 Å². The van der Waals surface area contributed by atoms with E-state index in [0.717, 1.165) is 0 Å². The second-order valence-electron chi connectivity index (χ2n) is 5.86. The molecule has 28 heavy (non-hydrogen) atoms. The molecular weight excluding hydrogens is 401 g/mol. The Kier molecular flexibility index (Phi) is 4.86. The molecule has 1 aromatic heterocycles. The van der Waals surface area contributed by atoms with Crippen molar-refractivity contribution in [3.05, 3.63) is 93.4 Å². The number of esters is 1. The van der Waals surface area contributed by atoms with Crippen LogP contribution in [0.25, 0.3) is 6.08 Å². The third-order valence-corrected chi connectivity index (χ3v) is 4.70. The number of ether oxygens (including phenoxy) is 2. The van der Waals surface area contributed by atoms with Crippen LogP contribution < -0.4 is 9.47 Å². The monoisotopic (exact) mass is 411 g/mol. The lowest BCUT2D eigenvalue weighted by molar-refractivity contribution is 0.0734. The first-order valence-corrected chi connectivity index (χ1v) is 8.93. The smallest absolute Gasteiger partial charge is 0.343 e. The lowest BCUT2D eigenvalue weighted by Gasteiger charge is -2.05. The van der Waals surface area contributed by atoms with Crippen molar-refractivity contribution in [2.75, 3.05) is 0 Å². The molecule has 5 nitrogen and oxygen atoms in total. The minimum atomic E-state index is -0.537. The first-order valence-electron chi connectivity index (χ1n) is 8.17. The number of hydrogen-bond donors (Lipinski definition) is 0. The van der Waals surface area contributed by atoms with Gasteiger partial charge in [-0.05, 0) is 42.5 Å². The van der Waals surface area contributed by atoms with Crippen molar-refractivity contribution >= 4 is 41.0 Å². The number of allylic oxidation sites excluding steroid dienone is 1. The molecule has 0 aliphatic carbocycles. The normalized spacial score (nSPS) is 13.9. The number of hydrogen-bond acceptors (Lipinski definition) is 5. The molecule has 3 aromatic rings. The summed E-state index contributed by atoms with van der Waals surface area (Å²) in [6, 6.07) is 12.7. The number of carbonyl (C=O) groups is 2. The van der Waals surface area contributed by atoms with Crippen LogP contribution >= 0.6 is 23.2 Å². The minimum absolute atomic E-state index is 0.0858. The van der Waals surface area contributed by atoms with Gasteiger partial charge in [-0.2, -0.15) is 0 Å². The Morgan fingerprint density at radius 3 is 2.46 bits per heavy atom. The molecule has 1 aliphatic heterocycles. The number of ketones is 1. The molecule has 7 heteroatoms. The first-order chi connectivity index (χ1) is 13.5. The van der Waals surface area contributed by atoms with Crippen molar-refractivity contribution in [3.8, 4) is 11.5 Å². The quantitative estimate of drug-likeness (QED) is 0.335. The van der Waals surface area contributed by atoms with E-state index in [2.05, 4.69) is 4.98 Å². The van der Waals surface area contributed by atoms with E-state index in [1.807, 2.05) is 0 Å². The van der Waals surface area contributed by atoms with Crippen molar-refractivity contribution < 1.29 is 19.1 Å². The number of nitrogens with zero attached hydrogens (tertiary/aromatic N) is 1. The van der Waals surface area contributed by atoms with Gasteiger partial charge in [0.05, 0.1) is 11.1 Å². The summed E-state index contributed by atoms with van der Waals surface area (Å²) in [7, 11) is 0. The van der Waals surface area contributed by atoms with Crippen LogP contribution in [0, 0.1) is 0 Å². The Balaban J connectivity index is 1.60. The molecular formula is C21H11Cl2NO4. The standard InChI is InChI=1S/C21H11Cl2NO4/c22-16-2-1-3-17(23)15(16)11-19-20(25)14-5-4-13(10-18(14)28-19)27-21(26)12-6-8-24-9-7-12/h1-11H/b19-11-. The van der Waals surface area contributed by atoms with E-state index < -0.39 is 5.97 Å². The second-order valence-corrected chi connectivity index (χ2v) is 6.67. The molecule has 0 spiro atoms. The molecule has 4 rings (SSSR count). The second kappa shape index (κ2) is 7.46. The maximum Gasteiger partial charge on any atom is 0.343 e. The number of aromatic nitrogens is 1. The Bertz CT molecular complexity index is 1110. The van der Waals surface area contributed by atoms with Gasteiger partial charge in [-0.15, -0.1) is 0 Å². The predicted molar refractivity (Wildman–Crippen MR) is 105 cm³/mol. The highest BCUT2D eigenvalue weighted by molar-refractivity contribution is 6.37. The van der Waals surface area contributed by atoms with E-state index in [4.69, 9.17) is 32.7 Å². The molecule has 138 valence electrons. The Morgan fingerprint density at radius 2 is 1.75 bits per heavy atom. The maximum absolute atomic E-state index is 12.6. The third-order valence-electron chi connectivity index (χ3n) is 4.04. The van der Waals surface area contributed by atoms with Crippen LogP contribution in [0.2, 0.25) is 10.0 Å². The first kappa shape index (κ1) is 18.2. The van der Waals surface area contributed by atoms with Gasteiger partial charge in [-0.25, -0.2) is 4.79 Å². The van der Waals surface area contributed by atoms with E-state index in [1.54, 1.807) is 36.4 Å². The number of Topliss-reactive ketones (excluding diaryl/α,β-unsaturated/α-hetero) is 1. The van der Waals surface area contributed by atoms with Crippen LogP contribution in [0.4, 0.5) is 0 Å². The summed E-state index contributed by atoms with van der Waals surface area (Å²) in [6.07, 6.45) is 4.49. The molecule has 0 N–H and O–H groups in total. The Labute approximate surface area is 170 Å². The number of pyridine rings is 1. The summed E-state index contributed by atoms with van der Waals surface area (Å²) in [6.45, 7) is 0. The maximum atomic E-state index is 12.6. The molecule has 1 aliphatic rings. The number of halogens is 2. The molecule has 0 saturated heterocycles. The van der Waals surface area contributed by atoms with E-state index >= 15 is 0 Å². The predicted octanol–water partition coefficient (Wildman–Crippen LogP) is 5.22. The zero-order valence-corrected chi connectivity index (χ0v) is 15.7. The van der Waals surface area contributed by atoms with Crippen LogP contribution in [0.5, 0.6) is 11.5 Å². The van der Waals surface area contributed by atoms with E-state index in [1.165, 1.54) is 30.6 Å². The summed E-state index contributed by atoms with van der Waals surface area (Å²) in [5.74, 6) is -0.212. The zero-order chi connectivity index (χ0) is 19.7. The number of carbonyl (C=O) groups excluding carboxylic acids is 2. The minimum Gasteiger partial charge on any atom is -0.452 e. The Hall–Kier alpha value is -3.15. The highest BCUT2D eigenvalue weighted by atomic mass is 35.5. The molecule has 2 aromatic carbocycles. The molecule has 0 saturated carbocycles. The fraction of sp³-hybridized carbons (Fsp3) is 0. The summed E-state index contributed by atoms with van der Waals surface area (Å²) < 4.78 is 11.0. The summed E-state index contributed by atoms with van der Waals surface area (Å²) in [4.78, 5) is 28.6. The number of rotatable bonds is 3. The van der Waals surface area contributed by atoms with Gasteiger partial charge in [-0.1, -0.05) is 29.3 Å². The van der Waals surface area contributed by atoms with Gasteiger partial charge in [0.25, 0.3) is 0 Å². The topological polar surface area (TPSA) is 65.5 Å². The van der Waals surface area contributed by atoms with Gasteiger partial charge >= 0.3 is 5.97 Å². The van der Waals surface area contributed by atoms with Gasteiger partial charge in [0.2, 0.25) is 5.78 Å². The SMILES string of the molecule is O=C(Oc1ccc2c(c1)O/C(=C\c1c(Cl)cccc1Cl)C2=O)c1ccncc1. The number of fused-ring (bicyclic) bond motifs is 1. The summed E-state index contributed by atoms with van der Waals surface area (Å²) >= 11 is 12.3. The number of benzene rings is 2. The Morgan fingerprint density at radius 1 is 1.04 bits per heavy atom.